The first-order valence-electron chi connectivity index (χ1n) is 6.09. The van der Waals surface area contributed by atoms with Crippen molar-refractivity contribution < 1.29 is 4.42 Å². The van der Waals surface area contributed by atoms with E-state index in [1.54, 1.807) is 6.20 Å². The van der Waals surface area contributed by atoms with E-state index in [2.05, 4.69) is 45.3 Å². The predicted molar refractivity (Wildman–Crippen MR) is 80.2 cm³/mol. The quantitative estimate of drug-likeness (QED) is 0.756. The molecule has 0 bridgehead atoms. The lowest BCUT2D eigenvalue weighted by molar-refractivity contribution is 0.471. The van der Waals surface area contributed by atoms with E-state index in [1.807, 2.05) is 30.3 Å². The Balaban J connectivity index is 1.84. The summed E-state index contributed by atoms with van der Waals surface area (Å²) < 4.78 is 6.30. The smallest absolute Gasteiger partial charge is 0.169 e. The van der Waals surface area contributed by atoms with Crippen molar-refractivity contribution in [2.45, 2.75) is 13.0 Å². The number of halogens is 1. The van der Waals surface area contributed by atoms with Gasteiger partial charge in [-0.2, -0.15) is 0 Å². The molecule has 3 nitrogen and oxygen atoms in total. The van der Waals surface area contributed by atoms with Crippen molar-refractivity contribution in [3.63, 3.8) is 0 Å². The van der Waals surface area contributed by atoms with Gasteiger partial charge < -0.3 is 9.73 Å². The predicted octanol–water partition coefficient (Wildman–Crippen LogP) is 4.76. The number of hydrogen-bond acceptors (Lipinski definition) is 3. The summed E-state index contributed by atoms with van der Waals surface area (Å²) in [7, 11) is 0. The molecule has 19 heavy (non-hydrogen) atoms. The zero-order valence-corrected chi connectivity index (χ0v) is 12.0. The average molecular weight is 317 g/mol. The molecular formula is C15H13BrN2O. The van der Waals surface area contributed by atoms with E-state index >= 15 is 0 Å². The Labute approximate surface area is 119 Å². The summed E-state index contributed by atoms with van der Waals surface area (Å²) in [5.74, 6) is 0.901. The number of nitrogens with one attached hydrogen (secondary N) is 1. The minimum Gasteiger partial charge on any atom is -0.452 e. The van der Waals surface area contributed by atoms with Gasteiger partial charge in [-0.3, -0.25) is 4.98 Å². The van der Waals surface area contributed by atoms with Gasteiger partial charge in [-0.25, -0.2) is 0 Å². The van der Waals surface area contributed by atoms with Crippen LogP contribution < -0.4 is 5.32 Å². The third-order valence-corrected chi connectivity index (χ3v) is 3.43. The molecule has 0 aliphatic heterocycles. The van der Waals surface area contributed by atoms with Gasteiger partial charge >= 0.3 is 0 Å². The molecule has 0 radical (unpaired) electrons. The summed E-state index contributed by atoms with van der Waals surface area (Å²) in [6.45, 7) is 2.07. The highest BCUT2D eigenvalue weighted by Crippen LogP contribution is 2.25. The number of aromatic nitrogens is 1. The van der Waals surface area contributed by atoms with Crippen LogP contribution in [0.1, 0.15) is 18.7 Å². The normalized spacial score (nSPS) is 12.5. The SMILES string of the molecule is CC(Nc1ccc2ncccc2c1)c1ccc(Br)o1. The standard InChI is InChI=1S/C15H13BrN2O/c1-10(14-6-7-15(16)19-14)18-12-4-5-13-11(9-12)3-2-8-17-13/h2-10,18H,1H3. The highest BCUT2D eigenvalue weighted by molar-refractivity contribution is 9.10. The molecule has 1 aromatic carbocycles. The zero-order chi connectivity index (χ0) is 13.2. The van der Waals surface area contributed by atoms with Gasteiger partial charge in [-0.1, -0.05) is 6.07 Å². The van der Waals surface area contributed by atoms with Gasteiger partial charge in [0.1, 0.15) is 5.76 Å². The van der Waals surface area contributed by atoms with Crippen LogP contribution in [0.4, 0.5) is 5.69 Å². The van der Waals surface area contributed by atoms with Gasteiger partial charge in [0, 0.05) is 17.3 Å². The number of benzene rings is 1. The van der Waals surface area contributed by atoms with Gasteiger partial charge in [0.05, 0.1) is 11.6 Å². The van der Waals surface area contributed by atoms with Crippen molar-refractivity contribution in [1.82, 2.24) is 4.98 Å². The molecule has 2 heterocycles. The molecule has 0 saturated heterocycles. The third kappa shape index (κ3) is 2.63. The number of pyridine rings is 1. The fraction of sp³-hybridized carbons (Fsp3) is 0.133. The highest BCUT2D eigenvalue weighted by Gasteiger charge is 2.09. The molecule has 2 aromatic heterocycles. The Morgan fingerprint density at radius 3 is 2.89 bits per heavy atom. The van der Waals surface area contributed by atoms with Crippen LogP contribution in [0, 0.1) is 0 Å². The first-order chi connectivity index (χ1) is 9.22. The van der Waals surface area contributed by atoms with Crippen LogP contribution >= 0.6 is 15.9 Å². The lowest BCUT2D eigenvalue weighted by atomic mass is 10.2. The van der Waals surface area contributed by atoms with Gasteiger partial charge in [-0.15, -0.1) is 0 Å². The van der Waals surface area contributed by atoms with Gasteiger partial charge in [0.15, 0.2) is 4.67 Å². The summed E-state index contributed by atoms with van der Waals surface area (Å²) in [6.07, 6.45) is 1.80. The number of furan rings is 1. The first-order valence-corrected chi connectivity index (χ1v) is 6.88. The van der Waals surface area contributed by atoms with E-state index in [9.17, 15) is 0 Å². The van der Waals surface area contributed by atoms with E-state index in [0.29, 0.717) is 0 Å². The zero-order valence-electron chi connectivity index (χ0n) is 10.4. The van der Waals surface area contributed by atoms with E-state index in [-0.39, 0.29) is 6.04 Å². The molecule has 3 aromatic rings. The van der Waals surface area contributed by atoms with Crippen LogP contribution in [0.5, 0.6) is 0 Å². The Morgan fingerprint density at radius 2 is 2.11 bits per heavy atom. The van der Waals surface area contributed by atoms with Crippen LogP contribution in [-0.2, 0) is 0 Å². The summed E-state index contributed by atoms with van der Waals surface area (Å²) in [4.78, 5) is 4.31. The highest BCUT2D eigenvalue weighted by atomic mass is 79.9. The summed E-state index contributed by atoms with van der Waals surface area (Å²) in [5.41, 5.74) is 2.06. The van der Waals surface area contributed by atoms with E-state index < -0.39 is 0 Å². The van der Waals surface area contributed by atoms with Crippen molar-refractivity contribution in [2.75, 3.05) is 5.32 Å². The number of rotatable bonds is 3. The second-order valence-electron chi connectivity index (χ2n) is 4.42. The number of hydrogen-bond donors (Lipinski definition) is 1. The fourth-order valence-electron chi connectivity index (χ4n) is 2.05. The molecule has 3 rings (SSSR count). The van der Waals surface area contributed by atoms with Crippen molar-refractivity contribution in [3.8, 4) is 0 Å². The van der Waals surface area contributed by atoms with E-state index in [1.165, 1.54) is 0 Å². The van der Waals surface area contributed by atoms with Gasteiger partial charge in [0.25, 0.3) is 0 Å². The average Bonchev–Trinajstić information content (AvgIpc) is 2.85. The summed E-state index contributed by atoms with van der Waals surface area (Å²) in [6, 6.07) is 14.1. The number of nitrogens with zero attached hydrogens (tertiary/aromatic N) is 1. The molecule has 96 valence electrons. The molecule has 1 unspecified atom stereocenters. The molecule has 1 N–H and O–H groups in total. The van der Waals surface area contributed by atoms with Crippen LogP contribution in [0.25, 0.3) is 10.9 Å². The molecule has 0 aliphatic rings. The van der Waals surface area contributed by atoms with Crippen LogP contribution in [-0.4, -0.2) is 4.98 Å². The molecule has 0 aliphatic carbocycles. The molecule has 0 amide bonds. The lowest BCUT2D eigenvalue weighted by Gasteiger charge is -2.13. The molecule has 1 atom stereocenters. The van der Waals surface area contributed by atoms with Crippen LogP contribution in [0.2, 0.25) is 0 Å². The van der Waals surface area contributed by atoms with Crippen LogP contribution in [0.15, 0.2) is 57.7 Å². The molecular weight excluding hydrogens is 304 g/mol. The van der Waals surface area contributed by atoms with Crippen molar-refractivity contribution in [1.29, 1.82) is 0 Å². The summed E-state index contributed by atoms with van der Waals surface area (Å²) >= 11 is 3.32. The Morgan fingerprint density at radius 1 is 1.21 bits per heavy atom. The van der Waals surface area contributed by atoms with Crippen molar-refractivity contribution in [3.05, 3.63) is 59.1 Å². The van der Waals surface area contributed by atoms with E-state index in [4.69, 9.17) is 4.42 Å². The lowest BCUT2D eigenvalue weighted by Crippen LogP contribution is -2.05. The van der Waals surface area contributed by atoms with Gasteiger partial charge in [-0.05, 0) is 59.3 Å². The van der Waals surface area contributed by atoms with Crippen molar-refractivity contribution in [2.24, 2.45) is 0 Å². The maximum absolute atomic E-state index is 5.55. The van der Waals surface area contributed by atoms with E-state index in [0.717, 1.165) is 27.0 Å². The largest absolute Gasteiger partial charge is 0.452 e. The van der Waals surface area contributed by atoms with Gasteiger partial charge in [0.2, 0.25) is 0 Å². The fourth-order valence-corrected chi connectivity index (χ4v) is 2.37. The van der Waals surface area contributed by atoms with Crippen LogP contribution in [0.3, 0.4) is 0 Å². The Kier molecular flexibility index (Phi) is 3.25. The molecule has 0 spiro atoms. The Hall–Kier alpha value is -1.81. The first kappa shape index (κ1) is 12.2. The minimum absolute atomic E-state index is 0.112. The maximum atomic E-state index is 5.55. The topological polar surface area (TPSA) is 38.1 Å². The number of fused-ring (bicyclic) bond motifs is 1. The number of anilines is 1. The Bertz CT molecular complexity index is 708. The monoisotopic (exact) mass is 316 g/mol. The second-order valence-corrected chi connectivity index (χ2v) is 5.20. The minimum atomic E-state index is 0.112. The maximum Gasteiger partial charge on any atom is 0.169 e. The molecule has 0 saturated carbocycles. The molecule has 4 heteroatoms. The van der Waals surface area contributed by atoms with Crippen molar-refractivity contribution >= 4 is 32.5 Å². The summed E-state index contributed by atoms with van der Waals surface area (Å²) in [5, 5.41) is 4.55. The molecule has 0 fully saturated rings. The second kappa shape index (κ2) is 5.05. The third-order valence-electron chi connectivity index (χ3n) is 3.01.